The summed E-state index contributed by atoms with van der Waals surface area (Å²) in [5.41, 5.74) is 3.59. The molecule has 0 saturated carbocycles. The van der Waals surface area contributed by atoms with Gasteiger partial charge in [0, 0.05) is 30.6 Å². The van der Waals surface area contributed by atoms with Gasteiger partial charge in [0.15, 0.2) is 5.82 Å². The Labute approximate surface area is 186 Å². The van der Waals surface area contributed by atoms with E-state index in [4.69, 9.17) is 16.4 Å². The van der Waals surface area contributed by atoms with Gasteiger partial charge in [0.05, 0.1) is 5.69 Å². The summed E-state index contributed by atoms with van der Waals surface area (Å²) in [6, 6.07) is 10.5. The zero-order valence-corrected chi connectivity index (χ0v) is 17.3. The molecule has 33 heavy (non-hydrogen) atoms. The van der Waals surface area contributed by atoms with Gasteiger partial charge in [-0.1, -0.05) is 12.1 Å². The number of aryl methyl sites for hydroxylation is 1. The van der Waals surface area contributed by atoms with Crippen LogP contribution in [-0.2, 0) is 6.42 Å². The number of hydrogen-bond acceptors (Lipinski definition) is 7. The van der Waals surface area contributed by atoms with Gasteiger partial charge in [-0.05, 0) is 36.2 Å². The lowest BCUT2D eigenvalue weighted by Crippen LogP contribution is -2.31. The SMILES string of the molecule is N/N=C(/CCc1ccc(-n2ccnc(Nc3ccc(F)cc3OCC(F)F)c2=O)cc1)NN. The minimum atomic E-state index is -2.74. The smallest absolute Gasteiger partial charge is 0.298 e. The standard InChI is InChI=1S/C21H22F3N7O2/c22-14-4-7-16(17(11-14)33-12-18(23)24)28-20-21(32)31(10-9-27-20)15-5-1-13(2-6-15)3-8-19(29-25)30-26/h1-2,4-7,9-11,18H,3,8,12,25-26H2,(H,27,28)(H,29,30). The van der Waals surface area contributed by atoms with Gasteiger partial charge in [-0.25, -0.2) is 24.0 Å². The number of aromatic nitrogens is 2. The molecule has 9 nitrogen and oxygen atoms in total. The van der Waals surface area contributed by atoms with Crippen molar-refractivity contribution in [2.45, 2.75) is 19.3 Å². The molecular weight excluding hydrogens is 439 g/mol. The largest absolute Gasteiger partial charge is 0.485 e. The molecule has 12 heteroatoms. The zero-order valence-electron chi connectivity index (χ0n) is 17.3. The molecule has 0 aliphatic rings. The lowest BCUT2D eigenvalue weighted by molar-refractivity contribution is 0.0821. The quantitative estimate of drug-likeness (QED) is 0.167. The number of hydrogen-bond donors (Lipinski definition) is 4. The Hall–Kier alpha value is -4.06. The van der Waals surface area contributed by atoms with Crippen molar-refractivity contribution in [3.63, 3.8) is 0 Å². The maximum absolute atomic E-state index is 13.5. The summed E-state index contributed by atoms with van der Waals surface area (Å²) >= 11 is 0. The second-order valence-electron chi connectivity index (χ2n) is 6.81. The van der Waals surface area contributed by atoms with Crippen LogP contribution in [0, 0.1) is 5.82 Å². The molecule has 2 aromatic carbocycles. The summed E-state index contributed by atoms with van der Waals surface area (Å²) in [5, 5.41) is 6.26. The highest BCUT2D eigenvalue weighted by atomic mass is 19.3. The molecule has 0 spiro atoms. The van der Waals surface area contributed by atoms with Crippen molar-refractivity contribution in [3.8, 4) is 11.4 Å². The van der Waals surface area contributed by atoms with Crippen molar-refractivity contribution in [3.05, 3.63) is 76.6 Å². The highest BCUT2D eigenvalue weighted by Crippen LogP contribution is 2.27. The third kappa shape index (κ3) is 6.23. The Bertz CT molecular complexity index is 1170. The van der Waals surface area contributed by atoms with Crippen molar-refractivity contribution in [2.75, 3.05) is 11.9 Å². The Kier molecular flexibility index (Phi) is 7.86. The molecule has 1 heterocycles. The fraction of sp³-hybridized carbons (Fsp3) is 0.190. The summed E-state index contributed by atoms with van der Waals surface area (Å²) in [6.45, 7) is -0.920. The number of halogens is 3. The topological polar surface area (TPSA) is 133 Å². The Morgan fingerprint density at radius 3 is 2.64 bits per heavy atom. The van der Waals surface area contributed by atoms with Crippen LogP contribution in [0.2, 0.25) is 0 Å². The van der Waals surface area contributed by atoms with Crippen LogP contribution in [-0.4, -0.2) is 28.4 Å². The highest BCUT2D eigenvalue weighted by Gasteiger charge is 2.13. The third-order valence-electron chi connectivity index (χ3n) is 4.59. The molecule has 0 unspecified atom stereocenters. The minimum absolute atomic E-state index is 0.0899. The molecule has 3 rings (SSSR count). The number of nitrogens with zero attached hydrogens (tertiary/aromatic N) is 3. The van der Waals surface area contributed by atoms with Gasteiger partial charge in [-0.2, -0.15) is 5.10 Å². The van der Waals surface area contributed by atoms with Crippen LogP contribution >= 0.6 is 0 Å². The van der Waals surface area contributed by atoms with Crippen molar-refractivity contribution in [2.24, 2.45) is 16.8 Å². The van der Waals surface area contributed by atoms with E-state index in [9.17, 15) is 18.0 Å². The van der Waals surface area contributed by atoms with Crippen LogP contribution in [0.5, 0.6) is 5.75 Å². The number of nitrogens with one attached hydrogen (secondary N) is 2. The van der Waals surface area contributed by atoms with Gasteiger partial charge in [-0.15, -0.1) is 0 Å². The van der Waals surface area contributed by atoms with Crippen molar-refractivity contribution in [1.82, 2.24) is 15.0 Å². The summed E-state index contributed by atoms with van der Waals surface area (Å²) in [4.78, 5) is 17.0. The summed E-state index contributed by atoms with van der Waals surface area (Å²) in [7, 11) is 0. The van der Waals surface area contributed by atoms with Crippen molar-refractivity contribution in [1.29, 1.82) is 0 Å². The van der Waals surface area contributed by atoms with E-state index in [1.807, 2.05) is 12.1 Å². The summed E-state index contributed by atoms with van der Waals surface area (Å²) in [6.07, 6.45) is 1.29. The number of amidine groups is 1. The molecule has 6 N–H and O–H groups in total. The van der Waals surface area contributed by atoms with Gasteiger partial charge in [0.1, 0.15) is 24.0 Å². The van der Waals surface area contributed by atoms with Gasteiger partial charge >= 0.3 is 0 Å². The van der Waals surface area contributed by atoms with Crippen LogP contribution in [0.15, 0.2) is 64.8 Å². The van der Waals surface area contributed by atoms with E-state index in [0.717, 1.165) is 17.7 Å². The number of rotatable bonds is 9. The van der Waals surface area contributed by atoms with Crippen molar-refractivity contribution < 1.29 is 17.9 Å². The van der Waals surface area contributed by atoms with Crippen LogP contribution in [0.1, 0.15) is 12.0 Å². The Morgan fingerprint density at radius 2 is 1.97 bits per heavy atom. The number of benzene rings is 2. The molecule has 0 atom stereocenters. The number of ether oxygens (including phenoxy) is 1. The molecule has 0 saturated heterocycles. The van der Waals surface area contributed by atoms with Gasteiger partial charge in [-0.3, -0.25) is 9.36 Å². The predicted molar refractivity (Wildman–Crippen MR) is 118 cm³/mol. The molecular formula is C21H22F3N7O2. The number of hydrazone groups is 1. The summed E-state index contributed by atoms with van der Waals surface area (Å²) < 4.78 is 44.9. The lowest BCUT2D eigenvalue weighted by atomic mass is 10.1. The zero-order chi connectivity index (χ0) is 23.8. The van der Waals surface area contributed by atoms with Crippen LogP contribution < -0.4 is 32.7 Å². The van der Waals surface area contributed by atoms with E-state index in [1.165, 1.54) is 23.0 Å². The van der Waals surface area contributed by atoms with Crippen LogP contribution in [0.4, 0.5) is 24.7 Å². The van der Waals surface area contributed by atoms with E-state index >= 15 is 0 Å². The number of anilines is 2. The molecule has 3 aromatic rings. The van der Waals surface area contributed by atoms with E-state index in [0.29, 0.717) is 24.4 Å². The second-order valence-corrected chi connectivity index (χ2v) is 6.81. The highest BCUT2D eigenvalue weighted by molar-refractivity contribution is 5.81. The predicted octanol–water partition coefficient (Wildman–Crippen LogP) is 2.43. The van der Waals surface area contributed by atoms with E-state index in [-0.39, 0.29) is 17.3 Å². The fourth-order valence-corrected chi connectivity index (χ4v) is 2.96. The molecule has 0 bridgehead atoms. The first-order chi connectivity index (χ1) is 15.9. The second kappa shape index (κ2) is 11.0. The van der Waals surface area contributed by atoms with Crippen molar-refractivity contribution >= 4 is 17.3 Å². The van der Waals surface area contributed by atoms with E-state index < -0.39 is 24.4 Å². The normalized spacial score (nSPS) is 11.5. The Morgan fingerprint density at radius 1 is 1.21 bits per heavy atom. The molecule has 0 aliphatic carbocycles. The van der Waals surface area contributed by atoms with Gasteiger partial charge in [0.25, 0.3) is 12.0 Å². The molecule has 0 aliphatic heterocycles. The minimum Gasteiger partial charge on any atom is -0.485 e. The first-order valence-corrected chi connectivity index (χ1v) is 9.79. The lowest BCUT2D eigenvalue weighted by Gasteiger charge is -2.14. The van der Waals surface area contributed by atoms with Crippen LogP contribution in [0.25, 0.3) is 5.69 Å². The average Bonchev–Trinajstić information content (AvgIpc) is 2.81. The molecule has 174 valence electrons. The van der Waals surface area contributed by atoms with Gasteiger partial charge < -0.3 is 21.3 Å². The maximum Gasteiger partial charge on any atom is 0.298 e. The Balaban J connectivity index is 1.81. The number of alkyl halides is 2. The molecule has 0 amide bonds. The van der Waals surface area contributed by atoms with Crippen LogP contribution in [0.3, 0.4) is 0 Å². The molecule has 0 radical (unpaired) electrons. The first-order valence-electron chi connectivity index (χ1n) is 9.79. The van der Waals surface area contributed by atoms with E-state index in [1.54, 1.807) is 12.1 Å². The monoisotopic (exact) mass is 461 g/mol. The molecule has 0 fully saturated rings. The first kappa shape index (κ1) is 23.6. The number of nitrogens with two attached hydrogens (primary N) is 2. The average molecular weight is 461 g/mol. The van der Waals surface area contributed by atoms with Gasteiger partial charge in [0.2, 0.25) is 0 Å². The fourth-order valence-electron chi connectivity index (χ4n) is 2.96. The molecule has 1 aromatic heterocycles. The third-order valence-corrected chi connectivity index (χ3v) is 4.59. The van der Waals surface area contributed by atoms with E-state index in [2.05, 4.69) is 20.8 Å². The summed E-state index contributed by atoms with van der Waals surface area (Å²) in [5.74, 6) is 10.1. The number of hydrazine groups is 1. The maximum atomic E-state index is 13.5.